The Hall–Kier alpha value is -0.660. The minimum Gasteiger partial charge on any atom is -0.480 e. The van der Waals surface area contributed by atoms with E-state index in [-0.39, 0.29) is 11.8 Å². The smallest absolute Gasteiger partial charge is 0.323 e. The third-order valence-electron chi connectivity index (χ3n) is 3.84. The van der Waals surface area contributed by atoms with Gasteiger partial charge in [-0.15, -0.1) is 0 Å². The van der Waals surface area contributed by atoms with Crippen molar-refractivity contribution in [3.63, 3.8) is 0 Å². The summed E-state index contributed by atoms with van der Waals surface area (Å²) in [6.07, 6.45) is 3.71. The standard InChI is InChI=1S/C13H26N2O4S/c1-10(15(3)7-8-20(4,18)19)9-13(2,12(16)17)14-11-5-6-11/h10-11,14H,5-9H2,1-4H3,(H,16,17). The van der Waals surface area contributed by atoms with Gasteiger partial charge in [0, 0.05) is 24.9 Å². The fraction of sp³-hybridized carbons (Fsp3) is 0.923. The summed E-state index contributed by atoms with van der Waals surface area (Å²) in [6.45, 7) is 4.05. The molecule has 0 amide bonds. The minimum atomic E-state index is -3.00. The van der Waals surface area contributed by atoms with Crippen molar-refractivity contribution >= 4 is 15.8 Å². The van der Waals surface area contributed by atoms with Crippen molar-refractivity contribution in [3.05, 3.63) is 0 Å². The molecule has 6 nitrogen and oxygen atoms in total. The Balaban J connectivity index is 2.56. The number of carbonyl (C=O) groups is 1. The predicted molar refractivity (Wildman–Crippen MR) is 78.6 cm³/mol. The average Bonchev–Trinajstić information content (AvgIpc) is 3.08. The number of carboxylic acids is 1. The summed E-state index contributed by atoms with van der Waals surface area (Å²) in [6, 6.07) is 0.300. The van der Waals surface area contributed by atoms with Gasteiger partial charge in [-0.3, -0.25) is 10.1 Å². The number of sulfone groups is 1. The molecule has 0 aromatic heterocycles. The molecule has 0 heterocycles. The lowest BCUT2D eigenvalue weighted by Crippen LogP contribution is -2.54. The summed E-state index contributed by atoms with van der Waals surface area (Å²) in [5, 5.41) is 12.6. The molecule has 0 aromatic carbocycles. The second-order valence-corrected chi connectivity index (χ2v) is 8.48. The second kappa shape index (κ2) is 6.41. The van der Waals surface area contributed by atoms with Gasteiger partial charge < -0.3 is 10.0 Å². The Kier molecular flexibility index (Phi) is 5.57. The Labute approximate surface area is 121 Å². The molecule has 1 rings (SSSR count). The molecule has 0 bridgehead atoms. The number of rotatable bonds is 9. The van der Waals surface area contributed by atoms with Gasteiger partial charge in [0.2, 0.25) is 0 Å². The number of aliphatic carboxylic acids is 1. The lowest BCUT2D eigenvalue weighted by atomic mass is 9.93. The quantitative estimate of drug-likeness (QED) is 0.639. The number of hydrogen-bond donors (Lipinski definition) is 2. The third-order valence-corrected chi connectivity index (χ3v) is 4.77. The van der Waals surface area contributed by atoms with E-state index in [1.807, 2.05) is 18.9 Å². The van der Waals surface area contributed by atoms with Gasteiger partial charge in [-0.2, -0.15) is 0 Å². The van der Waals surface area contributed by atoms with Crippen LogP contribution in [0.1, 0.15) is 33.1 Å². The molecule has 7 heteroatoms. The molecule has 0 aliphatic heterocycles. The van der Waals surface area contributed by atoms with Crippen LogP contribution >= 0.6 is 0 Å². The summed E-state index contributed by atoms with van der Waals surface area (Å²) >= 11 is 0. The van der Waals surface area contributed by atoms with Gasteiger partial charge in [-0.25, -0.2) is 8.42 Å². The highest BCUT2D eigenvalue weighted by atomic mass is 32.2. The van der Waals surface area contributed by atoms with Gasteiger partial charge >= 0.3 is 5.97 Å². The first-order valence-electron chi connectivity index (χ1n) is 6.92. The predicted octanol–water partition coefficient (Wildman–Crippen LogP) is 0.337. The highest BCUT2D eigenvalue weighted by Crippen LogP contribution is 2.25. The van der Waals surface area contributed by atoms with Gasteiger partial charge in [0.05, 0.1) is 5.75 Å². The van der Waals surface area contributed by atoms with Crippen LogP contribution in [0.15, 0.2) is 0 Å². The Morgan fingerprint density at radius 3 is 2.45 bits per heavy atom. The van der Waals surface area contributed by atoms with Crippen LogP contribution in [0.3, 0.4) is 0 Å². The first kappa shape index (κ1) is 17.4. The maximum atomic E-state index is 11.5. The van der Waals surface area contributed by atoms with Gasteiger partial charge in [0.25, 0.3) is 0 Å². The number of nitrogens with zero attached hydrogens (tertiary/aromatic N) is 1. The maximum absolute atomic E-state index is 11.5. The van der Waals surface area contributed by atoms with Crippen molar-refractivity contribution < 1.29 is 18.3 Å². The Morgan fingerprint density at radius 1 is 1.50 bits per heavy atom. The molecule has 0 spiro atoms. The van der Waals surface area contributed by atoms with Gasteiger partial charge in [0.1, 0.15) is 15.4 Å². The van der Waals surface area contributed by atoms with Crippen LogP contribution in [-0.2, 0) is 14.6 Å². The van der Waals surface area contributed by atoms with Gasteiger partial charge in [-0.1, -0.05) is 0 Å². The molecule has 2 unspecified atom stereocenters. The summed E-state index contributed by atoms with van der Waals surface area (Å²) in [4.78, 5) is 13.4. The van der Waals surface area contributed by atoms with E-state index < -0.39 is 21.3 Å². The van der Waals surface area contributed by atoms with E-state index >= 15 is 0 Å². The summed E-state index contributed by atoms with van der Waals surface area (Å²) in [5.41, 5.74) is -0.958. The first-order valence-corrected chi connectivity index (χ1v) is 8.98. The third kappa shape index (κ3) is 5.76. The topological polar surface area (TPSA) is 86.7 Å². The maximum Gasteiger partial charge on any atom is 0.323 e. The first-order chi connectivity index (χ1) is 9.03. The molecule has 1 aliphatic carbocycles. The van der Waals surface area contributed by atoms with Crippen molar-refractivity contribution in [1.82, 2.24) is 10.2 Å². The fourth-order valence-electron chi connectivity index (χ4n) is 2.16. The zero-order valence-electron chi connectivity index (χ0n) is 12.7. The van der Waals surface area contributed by atoms with E-state index in [1.165, 1.54) is 6.26 Å². The lowest BCUT2D eigenvalue weighted by molar-refractivity contribution is -0.145. The molecule has 0 radical (unpaired) electrons. The molecule has 0 saturated heterocycles. The van der Waals surface area contributed by atoms with E-state index in [2.05, 4.69) is 5.32 Å². The van der Waals surface area contributed by atoms with E-state index in [4.69, 9.17) is 0 Å². The highest BCUT2D eigenvalue weighted by Gasteiger charge is 2.40. The summed E-state index contributed by atoms with van der Waals surface area (Å²) in [5.74, 6) is -0.763. The molecule has 0 aromatic rings. The van der Waals surface area contributed by atoms with Crippen LogP contribution in [0.4, 0.5) is 0 Å². The van der Waals surface area contributed by atoms with Gasteiger partial charge in [0.15, 0.2) is 0 Å². The van der Waals surface area contributed by atoms with Crippen molar-refractivity contribution in [2.75, 3.05) is 25.6 Å². The number of hydrogen-bond acceptors (Lipinski definition) is 5. The monoisotopic (exact) mass is 306 g/mol. The van der Waals surface area contributed by atoms with Crippen molar-refractivity contribution in [2.24, 2.45) is 0 Å². The number of carboxylic acid groups (broad SMARTS) is 1. The second-order valence-electron chi connectivity index (χ2n) is 6.22. The zero-order valence-corrected chi connectivity index (χ0v) is 13.5. The van der Waals surface area contributed by atoms with E-state index in [0.29, 0.717) is 19.0 Å². The molecule has 1 aliphatic rings. The lowest BCUT2D eigenvalue weighted by Gasteiger charge is -2.33. The van der Waals surface area contributed by atoms with Crippen molar-refractivity contribution in [3.8, 4) is 0 Å². The molecular formula is C13H26N2O4S. The van der Waals surface area contributed by atoms with Crippen LogP contribution in [0, 0.1) is 0 Å². The Morgan fingerprint density at radius 2 is 2.05 bits per heavy atom. The van der Waals surface area contributed by atoms with Crippen LogP contribution in [0.2, 0.25) is 0 Å². The van der Waals surface area contributed by atoms with E-state index in [1.54, 1.807) is 6.92 Å². The van der Waals surface area contributed by atoms with Crippen LogP contribution in [-0.4, -0.2) is 67.6 Å². The molecule has 20 heavy (non-hydrogen) atoms. The molecule has 1 fully saturated rings. The molecule has 2 N–H and O–H groups in total. The molecule has 2 atom stereocenters. The van der Waals surface area contributed by atoms with Crippen molar-refractivity contribution in [1.29, 1.82) is 0 Å². The molecule has 1 saturated carbocycles. The van der Waals surface area contributed by atoms with E-state index in [9.17, 15) is 18.3 Å². The van der Waals surface area contributed by atoms with E-state index in [0.717, 1.165) is 12.8 Å². The SMILES string of the molecule is CC(CC(C)(NC1CC1)C(=O)O)N(C)CCS(C)(=O)=O. The Bertz CT molecular complexity index is 447. The van der Waals surface area contributed by atoms with Crippen LogP contribution < -0.4 is 5.32 Å². The summed E-state index contributed by atoms with van der Waals surface area (Å²) in [7, 11) is -1.17. The molecular weight excluding hydrogens is 280 g/mol. The minimum absolute atomic E-state index is 0.0101. The van der Waals surface area contributed by atoms with Gasteiger partial charge in [-0.05, 0) is 40.2 Å². The fourth-order valence-corrected chi connectivity index (χ4v) is 2.78. The van der Waals surface area contributed by atoms with Crippen molar-refractivity contribution in [2.45, 2.75) is 50.7 Å². The number of nitrogens with one attached hydrogen (secondary N) is 1. The normalized spacial score (nSPS) is 20.6. The molecule has 118 valence electrons. The average molecular weight is 306 g/mol. The van der Waals surface area contributed by atoms with Crippen LogP contribution in [0.25, 0.3) is 0 Å². The largest absolute Gasteiger partial charge is 0.480 e. The zero-order chi connectivity index (χ0) is 15.6. The summed E-state index contributed by atoms with van der Waals surface area (Å²) < 4.78 is 22.3. The van der Waals surface area contributed by atoms with Crippen LogP contribution in [0.5, 0.6) is 0 Å². The highest BCUT2D eigenvalue weighted by molar-refractivity contribution is 7.90.